The van der Waals surface area contributed by atoms with Gasteiger partial charge in [0.15, 0.2) is 5.78 Å². The van der Waals surface area contributed by atoms with Gasteiger partial charge in [-0.15, -0.1) is 0 Å². The minimum Gasteiger partial charge on any atom is -0.492 e. The molecule has 0 bridgehead atoms. The van der Waals surface area contributed by atoms with Crippen molar-refractivity contribution in [1.82, 2.24) is 4.57 Å². The summed E-state index contributed by atoms with van der Waals surface area (Å²) >= 11 is 5.80. The fourth-order valence-corrected chi connectivity index (χ4v) is 2.13. The molecule has 1 aromatic carbocycles. The molecule has 0 aliphatic heterocycles. The quantitative estimate of drug-likeness (QED) is 0.798. The number of hydrogen-bond acceptors (Lipinski definition) is 3. The van der Waals surface area contributed by atoms with Crippen LogP contribution in [0.3, 0.4) is 0 Å². The Morgan fingerprint density at radius 3 is 2.48 bits per heavy atom. The number of carbonyl (C=O) groups excluding carboxylic acids is 1. The molecule has 5 heteroatoms. The van der Waals surface area contributed by atoms with Gasteiger partial charge in [0.1, 0.15) is 12.4 Å². The second-order valence-electron chi connectivity index (χ2n) is 4.70. The topological polar surface area (TPSA) is 48.3 Å². The number of rotatable bonds is 5. The number of hydrogen-bond donors (Lipinski definition) is 0. The number of Topliss-reactive ketones (excluding diaryl/α,β-unsaturated/α-hetero) is 1. The van der Waals surface area contributed by atoms with Crippen LogP contribution in [0.15, 0.2) is 41.2 Å². The third-order valence-electron chi connectivity index (χ3n) is 3.17. The van der Waals surface area contributed by atoms with Crippen LogP contribution in [-0.2, 0) is 6.54 Å². The smallest absolute Gasteiger partial charge is 0.261 e. The van der Waals surface area contributed by atoms with Crippen molar-refractivity contribution >= 4 is 17.4 Å². The molecule has 0 unspecified atom stereocenters. The Labute approximate surface area is 127 Å². The lowest BCUT2D eigenvalue weighted by Gasteiger charge is -2.12. The molecule has 4 nitrogen and oxygen atoms in total. The summed E-state index contributed by atoms with van der Waals surface area (Å²) in [6, 6.07) is 10.3. The van der Waals surface area contributed by atoms with Gasteiger partial charge in [0, 0.05) is 10.7 Å². The largest absolute Gasteiger partial charge is 0.492 e. The van der Waals surface area contributed by atoms with Crippen molar-refractivity contribution in [3.8, 4) is 5.75 Å². The highest BCUT2D eigenvalue weighted by atomic mass is 35.5. The fourth-order valence-electron chi connectivity index (χ4n) is 2.00. The molecular weight excluding hydrogens is 290 g/mol. The average molecular weight is 306 g/mol. The van der Waals surface area contributed by atoms with Crippen LogP contribution in [0.25, 0.3) is 0 Å². The Bertz CT molecular complexity index is 704. The molecule has 21 heavy (non-hydrogen) atoms. The molecule has 2 rings (SSSR count). The van der Waals surface area contributed by atoms with Gasteiger partial charge in [-0.1, -0.05) is 11.6 Å². The standard InChI is InChI=1S/C16H16ClNO3/c1-11-3-8-15(12(2)19)16(20)18(11)9-10-21-14-6-4-13(17)5-7-14/h3-8H,9-10H2,1-2H3. The van der Waals surface area contributed by atoms with Gasteiger partial charge in [0.05, 0.1) is 12.1 Å². The van der Waals surface area contributed by atoms with Crippen LogP contribution in [0.4, 0.5) is 0 Å². The monoisotopic (exact) mass is 305 g/mol. The van der Waals surface area contributed by atoms with E-state index in [2.05, 4.69) is 0 Å². The number of aryl methyl sites for hydroxylation is 1. The van der Waals surface area contributed by atoms with Gasteiger partial charge in [0.25, 0.3) is 5.56 Å². The molecule has 0 saturated heterocycles. The first-order chi connectivity index (χ1) is 9.99. The van der Waals surface area contributed by atoms with Gasteiger partial charge in [0.2, 0.25) is 0 Å². The minimum absolute atomic E-state index is 0.201. The molecular formula is C16H16ClNO3. The number of carbonyl (C=O) groups is 1. The second-order valence-corrected chi connectivity index (χ2v) is 5.14. The summed E-state index contributed by atoms with van der Waals surface area (Å²) in [7, 11) is 0. The Morgan fingerprint density at radius 1 is 1.19 bits per heavy atom. The Balaban J connectivity index is 2.09. The highest BCUT2D eigenvalue weighted by Gasteiger charge is 2.09. The third-order valence-corrected chi connectivity index (χ3v) is 3.42. The first kappa shape index (κ1) is 15.3. The molecule has 0 fully saturated rings. The van der Waals surface area contributed by atoms with Crippen molar-refractivity contribution in [2.45, 2.75) is 20.4 Å². The van der Waals surface area contributed by atoms with Crippen molar-refractivity contribution in [3.05, 3.63) is 63.0 Å². The predicted molar refractivity (Wildman–Crippen MR) is 82.4 cm³/mol. The molecule has 1 heterocycles. The number of nitrogens with zero attached hydrogens (tertiary/aromatic N) is 1. The van der Waals surface area contributed by atoms with E-state index < -0.39 is 0 Å². The Hall–Kier alpha value is -2.07. The zero-order valence-corrected chi connectivity index (χ0v) is 12.7. The maximum atomic E-state index is 12.2. The van der Waals surface area contributed by atoms with Gasteiger partial charge >= 0.3 is 0 Å². The highest BCUT2D eigenvalue weighted by molar-refractivity contribution is 6.30. The van der Waals surface area contributed by atoms with Crippen molar-refractivity contribution in [2.75, 3.05) is 6.61 Å². The summed E-state index contributed by atoms with van der Waals surface area (Å²) in [6.45, 7) is 3.94. The zero-order valence-electron chi connectivity index (χ0n) is 11.9. The number of ether oxygens (including phenoxy) is 1. The molecule has 110 valence electrons. The number of pyridine rings is 1. The second kappa shape index (κ2) is 6.59. The van der Waals surface area contributed by atoms with Crippen LogP contribution in [0, 0.1) is 6.92 Å². The van der Waals surface area contributed by atoms with E-state index in [-0.39, 0.29) is 16.9 Å². The summed E-state index contributed by atoms with van der Waals surface area (Å²) in [5.41, 5.74) is 0.721. The lowest BCUT2D eigenvalue weighted by Crippen LogP contribution is -2.29. The van der Waals surface area contributed by atoms with E-state index in [0.29, 0.717) is 23.9 Å². The molecule has 1 aromatic heterocycles. The van der Waals surface area contributed by atoms with Crippen LogP contribution in [-0.4, -0.2) is 17.0 Å². The molecule has 2 aromatic rings. The summed E-state index contributed by atoms with van der Waals surface area (Å²) in [4.78, 5) is 23.6. The SMILES string of the molecule is CC(=O)c1ccc(C)n(CCOc2ccc(Cl)cc2)c1=O. The number of benzene rings is 1. The summed E-state index contributed by atoms with van der Waals surface area (Å²) in [5.74, 6) is 0.459. The Kier molecular flexibility index (Phi) is 4.81. The molecule has 0 spiro atoms. The molecule has 0 radical (unpaired) electrons. The van der Waals surface area contributed by atoms with Crippen LogP contribution < -0.4 is 10.3 Å². The summed E-state index contributed by atoms with van der Waals surface area (Å²) in [5, 5.41) is 0.642. The van der Waals surface area contributed by atoms with Crippen LogP contribution in [0.5, 0.6) is 5.75 Å². The van der Waals surface area contributed by atoms with E-state index in [1.54, 1.807) is 41.0 Å². The third kappa shape index (κ3) is 3.73. The van der Waals surface area contributed by atoms with Gasteiger partial charge in [-0.2, -0.15) is 0 Å². The van der Waals surface area contributed by atoms with E-state index in [0.717, 1.165) is 5.69 Å². The summed E-state index contributed by atoms with van der Waals surface area (Å²) < 4.78 is 7.12. The first-order valence-corrected chi connectivity index (χ1v) is 6.96. The van der Waals surface area contributed by atoms with E-state index in [9.17, 15) is 9.59 Å². The molecule has 0 N–H and O–H groups in total. The number of ketones is 1. The van der Waals surface area contributed by atoms with Crippen LogP contribution in [0.2, 0.25) is 5.02 Å². The van der Waals surface area contributed by atoms with Gasteiger partial charge in [-0.3, -0.25) is 9.59 Å². The van der Waals surface area contributed by atoms with E-state index in [1.165, 1.54) is 6.92 Å². The Morgan fingerprint density at radius 2 is 1.86 bits per heavy atom. The fraction of sp³-hybridized carbons (Fsp3) is 0.250. The number of aromatic nitrogens is 1. The molecule has 0 amide bonds. The van der Waals surface area contributed by atoms with Crippen molar-refractivity contribution in [1.29, 1.82) is 0 Å². The van der Waals surface area contributed by atoms with Crippen molar-refractivity contribution in [2.24, 2.45) is 0 Å². The van der Waals surface area contributed by atoms with E-state index in [1.807, 2.05) is 6.92 Å². The van der Waals surface area contributed by atoms with Crippen molar-refractivity contribution < 1.29 is 9.53 Å². The van der Waals surface area contributed by atoms with Crippen molar-refractivity contribution in [3.63, 3.8) is 0 Å². The average Bonchev–Trinajstić information content (AvgIpc) is 2.44. The minimum atomic E-state index is -0.276. The maximum absolute atomic E-state index is 12.2. The van der Waals surface area contributed by atoms with E-state index >= 15 is 0 Å². The zero-order chi connectivity index (χ0) is 15.4. The molecule has 0 aliphatic rings. The van der Waals surface area contributed by atoms with Gasteiger partial charge in [-0.05, 0) is 50.2 Å². The predicted octanol–water partition coefficient (Wildman–Crippen LogP) is 3.09. The van der Waals surface area contributed by atoms with E-state index in [4.69, 9.17) is 16.3 Å². The maximum Gasteiger partial charge on any atom is 0.261 e. The molecule has 0 aliphatic carbocycles. The lowest BCUT2D eigenvalue weighted by molar-refractivity contribution is 0.101. The molecule has 0 saturated carbocycles. The van der Waals surface area contributed by atoms with Gasteiger partial charge in [-0.25, -0.2) is 0 Å². The molecule has 0 atom stereocenters. The normalized spacial score (nSPS) is 10.4. The van der Waals surface area contributed by atoms with Crippen LogP contribution in [0.1, 0.15) is 23.0 Å². The van der Waals surface area contributed by atoms with Crippen LogP contribution >= 0.6 is 11.6 Å². The number of halogens is 1. The first-order valence-electron chi connectivity index (χ1n) is 6.59. The summed E-state index contributed by atoms with van der Waals surface area (Å²) in [6.07, 6.45) is 0. The lowest BCUT2D eigenvalue weighted by atomic mass is 10.2. The highest BCUT2D eigenvalue weighted by Crippen LogP contribution is 2.15. The van der Waals surface area contributed by atoms with Gasteiger partial charge < -0.3 is 9.30 Å².